The molecule has 0 aromatic carbocycles. The highest BCUT2D eigenvalue weighted by Gasteiger charge is 2.27. The van der Waals surface area contributed by atoms with Gasteiger partial charge in [-0.25, -0.2) is 8.42 Å². The molecule has 3 rings (SSSR count). The maximum Gasteiger partial charge on any atom is 0.191 e. The topological polar surface area (TPSA) is 79.8 Å². The number of rotatable bonds is 5. The Hall–Kier alpha value is -0.0900. The van der Waals surface area contributed by atoms with E-state index in [0.29, 0.717) is 30.0 Å². The maximum atomic E-state index is 11.6. The van der Waals surface area contributed by atoms with Gasteiger partial charge in [-0.15, -0.1) is 24.0 Å². The molecule has 0 spiro atoms. The lowest BCUT2D eigenvalue weighted by Gasteiger charge is -2.27. The maximum absolute atomic E-state index is 11.6. The predicted octanol–water partition coefficient (Wildman–Crippen LogP) is 2.33. The molecule has 3 aliphatic rings. The van der Waals surface area contributed by atoms with Crippen LogP contribution in [0, 0.1) is 11.8 Å². The van der Waals surface area contributed by atoms with Crippen LogP contribution in [0.1, 0.15) is 51.4 Å². The predicted molar refractivity (Wildman–Crippen MR) is 116 cm³/mol. The lowest BCUT2D eigenvalue weighted by Crippen LogP contribution is -2.46. The van der Waals surface area contributed by atoms with E-state index in [2.05, 4.69) is 10.6 Å². The molecular weight excluding hydrogens is 465 g/mol. The zero-order chi connectivity index (χ0) is 17.5. The number of hydrogen-bond acceptors (Lipinski definition) is 4. The van der Waals surface area contributed by atoms with E-state index in [9.17, 15) is 8.42 Å². The average Bonchev–Trinajstić information content (AvgIpc) is 2.98. The van der Waals surface area contributed by atoms with Gasteiger partial charge in [0, 0.05) is 32.3 Å². The molecule has 1 atom stereocenters. The van der Waals surface area contributed by atoms with Gasteiger partial charge >= 0.3 is 0 Å². The summed E-state index contributed by atoms with van der Waals surface area (Å²) in [7, 11) is -2.82. The SMILES string of the molecule is I.O=S1(=O)CCC(CN=C(NCC2CCOCC2)NC2CCCCC2)C1. The first-order valence-corrected chi connectivity index (χ1v) is 11.8. The van der Waals surface area contributed by atoms with E-state index in [0.717, 1.165) is 45.0 Å². The van der Waals surface area contributed by atoms with Gasteiger partial charge in [-0.3, -0.25) is 4.99 Å². The number of guanidine groups is 1. The fourth-order valence-corrected chi connectivity index (χ4v) is 5.87. The number of aliphatic imine (C=N–C) groups is 1. The Morgan fingerprint density at radius 1 is 1.00 bits per heavy atom. The zero-order valence-corrected chi connectivity index (χ0v) is 18.8. The monoisotopic (exact) mass is 499 g/mol. The van der Waals surface area contributed by atoms with E-state index in [1.165, 1.54) is 32.1 Å². The summed E-state index contributed by atoms with van der Waals surface area (Å²) in [5.41, 5.74) is 0. The first-order chi connectivity index (χ1) is 12.1. The van der Waals surface area contributed by atoms with Crippen LogP contribution in [0.25, 0.3) is 0 Å². The molecule has 2 heterocycles. The molecule has 2 N–H and O–H groups in total. The Balaban J connectivity index is 0.00000243. The van der Waals surface area contributed by atoms with Gasteiger partial charge in [0.1, 0.15) is 0 Å². The molecule has 2 aliphatic heterocycles. The summed E-state index contributed by atoms with van der Waals surface area (Å²) in [6, 6.07) is 0.502. The zero-order valence-electron chi connectivity index (χ0n) is 15.6. The van der Waals surface area contributed by atoms with Crippen LogP contribution >= 0.6 is 24.0 Å². The molecular formula is C18H34IN3O3S. The number of halogens is 1. The summed E-state index contributed by atoms with van der Waals surface area (Å²) in [4.78, 5) is 4.75. The number of ether oxygens (including phenoxy) is 1. The van der Waals surface area contributed by atoms with E-state index in [4.69, 9.17) is 9.73 Å². The lowest BCUT2D eigenvalue weighted by molar-refractivity contribution is 0.0675. The van der Waals surface area contributed by atoms with Crippen LogP contribution in [-0.4, -0.2) is 58.2 Å². The van der Waals surface area contributed by atoms with E-state index < -0.39 is 9.84 Å². The van der Waals surface area contributed by atoms with Crippen molar-refractivity contribution in [3.05, 3.63) is 0 Å². The third-order valence-electron chi connectivity index (χ3n) is 5.68. The van der Waals surface area contributed by atoms with Gasteiger partial charge in [-0.05, 0) is 43.9 Å². The summed E-state index contributed by atoms with van der Waals surface area (Å²) in [6.45, 7) is 3.24. The molecule has 0 amide bonds. The second-order valence-corrected chi connectivity index (χ2v) is 10.1. The van der Waals surface area contributed by atoms with Crippen LogP contribution in [0.4, 0.5) is 0 Å². The highest BCUT2D eigenvalue weighted by Crippen LogP contribution is 2.20. The molecule has 0 aromatic heterocycles. The highest BCUT2D eigenvalue weighted by atomic mass is 127. The molecule has 26 heavy (non-hydrogen) atoms. The van der Waals surface area contributed by atoms with Gasteiger partial charge in [0.25, 0.3) is 0 Å². The largest absolute Gasteiger partial charge is 0.381 e. The second-order valence-electron chi connectivity index (χ2n) is 7.87. The van der Waals surface area contributed by atoms with Gasteiger partial charge in [-0.2, -0.15) is 0 Å². The molecule has 8 heteroatoms. The number of sulfone groups is 1. The number of hydrogen-bond donors (Lipinski definition) is 2. The van der Waals surface area contributed by atoms with Crippen molar-refractivity contribution in [1.29, 1.82) is 0 Å². The van der Waals surface area contributed by atoms with Crippen molar-refractivity contribution in [2.24, 2.45) is 16.8 Å². The molecule has 0 radical (unpaired) electrons. The standard InChI is InChI=1S/C18H33N3O3S.HI/c22-25(23)11-8-16(14-25)13-20-18(21-17-4-2-1-3-5-17)19-12-15-6-9-24-10-7-15;/h15-17H,1-14H2,(H2,19,20,21);1H. The van der Waals surface area contributed by atoms with E-state index in [1.54, 1.807) is 0 Å². The fourth-order valence-electron chi connectivity index (χ4n) is 4.02. The first-order valence-electron chi connectivity index (χ1n) is 9.94. The summed E-state index contributed by atoms with van der Waals surface area (Å²) in [6.07, 6.45) is 9.26. The smallest absolute Gasteiger partial charge is 0.191 e. The molecule has 6 nitrogen and oxygen atoms in total. The van der Waals surface area contributed by atoms with E-state index in [-0.39, 0.29) is 29.9 Å². The minimum Gasteiger partial charge on any atom is -0.381 e. The molecule has 0 bridgehead atoms. The Bertz CT molecular complexity index is 544. The van der Waals surface area contributed by atoms with Crippen molar-refractivity contribution in [2.75, 3.05) is 37.8 Å². The van der Waals surface area contributed by atoms with Gasteiger partial charge < -0.3 is 15.4 Å². The van der Waals surface area contributed by atoms with Crippen molar-refractivity contribution in [2.45, 2.75) is 57.4 Å². The first kappa shape index (κ1) is 22.2. The van der Waals surface area contributed by atoms with E-state index in [1.807, 2.05) is 0 Å². The molecule has 0 aromatic rings. The second kappa shape index (κ2) is 11.0. The van der Waals surface area contributed by atoms with Crippen molar-refractivity contribution >= 4 is 39.8 Å². The lowest BCUT2D eigenvalue weighted by atomic mass is 9.95. The number of nitrogens with zero attached hydrogens (tertiary/aromatic N) is 1. The van der Waals surface area contributed by atoms with Crippen molar-refractivity contribution in [1.82, 2.24) is 10.6 Å². The summed E-state index contributed by atoms with van der Waals surface area (Å²) in [5.74, 6) is 2.32. The van der Waals surface area contributed by atoms with Crippen molar-refractivity contribution in [3.8, 4) is 0 Å². The normalized spacial score (nSPS) is 27.7. The molecule has 2 saturated heterocycles. The minimum absolute atomic E-state index is 0. The van der Waals surface area contributed by atoms with Crippen LogP contribution in [-0.2, 0) is 14.6 Å². The Labute approximate surface area is 175 Å². The van der Waals surface area contributed by atoms with Crippen LogP contribution in [0.3, 0.4) is 0 Å². The molecule has 1 saturated carbocycles. The molecule has 152 valence electrons. The van der Waals surface area contributed by atoms with Gasteiger partial charge in [0.2, 0.25) is 0 Å². The van der Waals surface area contributed by atoms with Crippen molar-refractivity contribution < 1.29 is 13.2 Å². The Morgan fingerprint density at radius 3 is 2.38 bits per heavy atom. The number of nitrogens with one attached hydrogen (secondary N) is 2. The fraction of sp³-hybridized carbons (Fsp3) is 0.944. The van der Waals surface area contributed by atoms with Crippen molar-refractivity contribution in [3.63, 3.8) is 0 Å². The highest BCUT2D eigenvalue weighted by molar-refractivity contribution is 14.0. The molecule has 3 fully saturated rings. The minimum atomic E-state index is -2.82. The van der Waals surface area contributed by atoms with Crippen LogP contribution in [0.5, 0.6) is 0 Å². The third-order valence-corrected chi connectivity index (χ3v) is 7.52. The summed E-state index contributed by atoms with van der Waals surface area (Å²) >= 11 is 0. The molecule has 1 aliphatic carbocycles. The molecule has 1 unspecified atom stereocenters. The summed E-state index contributed by atoms with van der Waals surface area (Å²) in [5, 5.41) is 7.11. The Kier molecular flexibility index (Phi) is 9.43. The third kappa shape index (κ3) is 7.50. The van der Waals surface area contributed by atoms with Crippen LogP contribution in [0.15, 0.2) is 4.99 Å². The van der Waals surface area contributed by atoms with E-state index >= 15 is 0 Å². The van der Waals surface area contributed by atoms with Gasteiger partial charge in [0.05, 0.1) is 11.5 Å². The quantitative estimate of drug-likeness (QED) is 0.345. The Morgan fingerprint density at radius 2 is 1.73 bits per heavy atom. The van der Waals surface area contributed by atoms with Crippen LogP contribution < -0.4 is 10.6 Å². The van der Waals surface area contributed by atoms with Gasteiger partial charge in [0.15, 0.2) is 15.8 Å². The summed E-state index contributed by atoms with van der Waals surface area (Å²) < 4.78 is 28.7. The average molecular weight is 499 g/mol. The van der Waals surface area contributed by atoms with Crippen LogP contribution in [0.2, 0.25) is 0 Å². The van der Waals surface area contributed by atoms with Gasteiger partial charge in [-0.1, -0.05) is 19.3 Å².